The summed E-state index contributed by atoms with van der Waals surface area (Å²) in [5, 5.41) is 6.74. The maximum absolute atomic E-state index is 12.0. The molecule has 2 aliphatic rings. The third kappa shape index (κ3) is 5.73. The Hall–Kier alpha value is -2.75. The highest BCUT2D eigenvalue weighted by Crippen LogP contribution is 2.25. The van der Waals surface area contributed by atoms with Crippen LogP contribution in [0.3, 0.4) is 0 Å². The summed E-state index contributed by atoms with van der Waals surface area (Å²) in [5.74, 6) is 0.0782. The Morgan fingerprint density at radius 3 is 2.72 bits per heavy atom. The number of aromatic nitrogens is 2. The van der Waals surface area contributed by atoms with Crippen molar-refractivity contribution in [3.8, 4) is 0 Å². The first-order valence-corrected chi connectivity index (χ1v) is 11.4. The van der Waals surface area contributed by atoms with Gasteiger partial charge in [-0.3, -0.25) is 9.69 Å². The molecule has 1 amide bonds. The van der Waals surface area contributed by atoms with E-state index in [1.165, 1.54) is 6.42 Å². The number of anilines is 3. The van der Waals surface area contributed by atoms with Crippen molar-refractivity contribution in [1.29, 1.82) is 0 Å². The van der Waals surface area contributed by atoms with E-state index in [4.69, 9.17) is 16.5 Å². The minimum absolute atomic E-state index is 0.115. The molecule has 0 spiro atoms. The molecule has 2 aromatic rings. The molecule has 4 rings (SSSR count). The number of nitrogens with two attached hydrogens (primary N) is 2. The molecule has 2 aromatic heterocycles. The van der Waals surface area contributed by atoms with Crippen molar-refractivity contribution in [2.75, 3.05) is 43.9 Å². The van der Waals surface area contributed by atoms with Gasteiger partial charge in [0.2, 0.25) is 0 Å². The fraction of sp³-hybridized carbons (Fsp3) is 0.522. The summed E-state index contributed by atoms with van der Waals surface area (Å²) in [4.78, 5) is 25.8. The lowest BCUT2D eigenvalue weighted by Gasteiger charge is -2.32. The molecule has 32 heavy (non-hydrogen) atoms. The van der Waals surface area contributed by atoms with Gasteiger partial charge in [0.25, 0.3) is 5.91 Å². The monoisotopic (exact) mass is 438 g/mol. The fourth-order valence-electron chi connectivity index (χ4n) is 4.40. The Morgan fingerprint density at radius 1 is 1.19 bits per heavy atom. The summed E-state index contributed by atoms with van der Waals surface area (Å²) in [7, 11) is 2.15. The van der Waals surface area contributed by atoms with Crippen LogP contribution in [0.15, 0.2) is 30.5 Å². The number of primary amides is 1. The molecule has 2 atom stereocenters. The van der Waals surface area contributed by atoms with E-state index in [0.29, 0.717) is 11.5 Å². The Labute approximate surface area is 189 Å². The van der Waals surface area contributed by atoms with Crippen LogP contribution in [-0.2, 0) is 6.54 Å². The summed E-state index contributed by atoms with van der Waals surface area (Å²) < 4.78 is 0. The number of piperazine rings is 1. The lowest BCUT2D eigenvalue weighted by atomic mass is 9.91. The van der Waals surface area contributed by atoms with Gasteiger partial charge in [-0.05, 0) is 38.1 Å². The summed E-state index contributed by atoms with van der Waals surface area (Å²) in [6.07, 6.45) is 6.01. The van der Waals surface area contributed by atoms with Crippen LogP contribution in [0.4, 0.5) is 17.2 Å². The predicted molar refractivity (Wildman–Crippen MR) is 127 cm³/mol. The number of amides is 1. The Kier molecular flexibility index (Phi) is 7.19. The molecule has 0 radical (unpaired) electrons. The maximum atomic E-state index is 12.0. The molecule has 2 fully saturated rings. The summed E-state index contributed by atoms with van der Waals surface area (Å²) in [6.45, 7) is 4.99. The van der Waals surface area contributed by atoms with E-state index < -0.39 is 5.91 Å². The van der Waals surface area contributed by atoms with Crippen molar-refractivity contribution < 1.29 is 4.79 Å². The Balaban J connectivity index is 1.49. The number of nitrogens with zero attached hydrogens (tertiary/aromatic N) is 4. The van der Waals surface area contributed by atoms with E-state index in [2.05, 4.69) is 32.5 Å². The fourth-order valence-corrected chi connectivity index (χ4v) is 4.40. The first kappa shape index (κ1) is 22.4. The minimum Gasteiger partial charge on any atom is -0.379 e. The van der Waals surface area contributed by atoms with E-state index in [9.17, 15) is 4.79 Å². The number of pyridine rings is 2. The zero-order valence-corrected chi connectivity index (χ0v) is 18.8. The van der Waals surface area contributed by atoms with Crippen molar-refractivity contribution in [3.63, 3.8) is 0 Å². The van der Waals surface area contributed by atoms with Gasteiger partial charge in [-0.25, -0.2) is 9.97 Å². The Bertz CT molecular complexity index is 928. The zero-order valence-electron chi connectivity index (χ0n) is 18.8. The average molecular weight is 439 g/mol. The van der Waals surface area contributed by atoms with Crippen molar-refractivity contribution in [1.82, 2.24) is 19.8 Å². The van der Waals surface area contributed by atoms with E-state index >= 15 is 0 Å². The van der Waals surface area contributed by atoms with Gasteiger partial charge in [0.05, 0.1) is 23.3 Å². The number of carbonyl (C=O) groups is 1. The second kappa shape index (κ2) is 10.2. The molecular weight excluding hydrogens is 404 g/mol. The van der Waals surface area contributed by atoms with Crippen LogP contribution in [0.25, 0.3) is 0 Å². The average Bonchev–Trinajstić information content (AvgIpc) is 2.77. The zero-order chi connectivity index (χ0) is 22.5. The summed E-state index contributed by atoms with van der Waals surface area (Å²) in [6, 6.07) is 8.06. The molecule has 9 nitrogen and oxygen atoms in total. The summed E-state index contributed by atoms with van der Waals surface area (Å²) >= 11 is 0. The first-order valence-electron chi connectivity index (χ1n) is 11.4. The number of hydrogen-bond acceptors (Lipinski definition) is 8. The van der Waals surface area contributed by atoms with Gasteiger partial charge in [0.15, 0.2) is 5.69 Å². The molecular formula is C23H34N8O. The Morgan fingerprint density at radius 2 is 1.97 bits per heavy atom. The van der Waals surface area contributed by atoms with Gasteiger partial charge >= 0.3 is 0 Å². The van der Waals surface area contributed by atoms with Crippen LogP contribution in [-0.4, -0.2) is 71.0 Å². The molecule has 1 aliphatic carbocycles. The number of hydrogen-bond donors (Lipinski definition) is 4. The normalized spacial score (nSPS) is 22.4. The van der Waals surface area contributed by atoms with Gasteiger partial charge in [0.1, 0.15) is 5.82 Å². The molecule has 0 unspecified atom stereocenters. The van der Waals surface area contributed by atoms with Crippen LogP contribution in [0, 0.1) is 0 Å². The lowest BCUT2D eigenvalue weighted by molar-refractivity contribution is 0.0996. The van der Waals surface area contributed by atoms with E-state index in [1.54, 1.807) is 6.20 Å². The van der Waals surface area contributed by atoms with Crippen LogP contribution in [0.2, 0.25) is 0 Å². The number of carbonyl (C=O) groups excluding carboxylic acids is 1. The number of nitrogens with one attached hydrogen (secondary N) is 2. The molecule has 6 N–H and O–H groups in total. The SMILES string of the molecule is CN1CCN(Cc2cccc(Nc3cc(N[C@@H]4CCCC[C@@H]4N)cnc3C(N)=O)n2)CC1. The molecule has 172 valence electrons. The van der Waals surface area contributed by atoms with E-state index in [0.717, 1.165) is 63.4 Å². The lowest BCUT2D eigenvalue weighted by Crippen LogP contribution is -2.44. The molecule has 3 heterocycles. The van der Waals surface area contributed by atoms with Gasteiger partial charge in [0, 0.05) is 44.8 Å². The van der Waals surface area contributed by atoms with Crippen LogP contribution < -0.4 is 22.1 Å². The summed E-state index contributed by atoms with van der Waals surface area (Å²) in [5.41, 5.74) is 14.4. The third-order valence-corrected chi connectivity index (χ3v) is 6.34. The van der Waals surface area contributed by atoms with Crippen LogP contribution in [0.1, 0.15) is 41.9 Å². The second-order valence-electron chi connectivity index (χ2n) is 8.90. The highest BCUT2D eigenvalue weighted by atomic mass is 16.1. The molecule has 9 heteroatoms. The predicted octanol–water partition coefficient (Wildman–Crippen LogP) is 1.75. The smallest absolute Gasteiger partial charge is 0.269 e. The van der Waals surface area contributed by atoms with Gasteiger partial charge in [-0.2, -0.15) is 0 Å². The molecule has 1 aliphatic heterocycles. The first-order chi connectivity index (χ1) is 15.5. The highest BCUT2D eigenvalue weighted by Gasteiger charge is 2.22. The van der Waals surface area contributed by atoms with Crippen LogP contribution in [0.5, 0.6) is 0 Å². The highest BCUT2D eigenvalue weighted by molar-refractivity contribution is 5.97. The molecule has 0 aromatic carbocycles. The van der Waals surface area contributed by atoms with Crippen LogP contribution >= 0.6 is 0 Å². The number of rotatable bonds is 7. The minimum atomic E-state index is -0.581. The molecule has 0 bridgehead atoms. The van der Waals surface area contributed by atoms with Gasteiger partial charge < -0.3 is 27.0 Å². The van der Waals surface area contributed by atoms with Crippen molar-refractivity contribution >= 4 is 23.1 Å². The van der Waals surface area contributed by atoms with Gasteiger partial charge in [-0.15, -0.1) is 0 Å². The molecule has 1 saturated carbocycles. The topological polar surface area (TPSA) is 125 Å². The van der Waals surface area contributed by atoms with E-state index in [-0.39, 0.29) is 17.8 Å². The quantitative estimate of drug-likeness (QED) is 0.515. The van der Waals surface area contributed by atoms with E-state index in [1.807, 2.05) is 24.3 Å². The third-order valence-electron chi connectivity index (χ3n) is 6.34. The van der Waals surface area contributed by atoms with Crippen molar-refractivity contribution in [3.05, 3.63) is 41.9 Å². The standard InChI is InChI=1S/C23H34N8O/c1-30-9-11-31(12-10-30)15-16-5-4-8-21(28-16)29-20-13-17(14-26-22(20)23(25)32)27-19-7-3-2-6-18(19)24/h4-5,8,13-14,18-19,27H,2-3,6-7,9-12,15,24H2,1H3,(H2,25,32)(H,28,29)/t18-,19+/m0/s1. The number of likely N-dealkylation sites (N-methyl/N-ethyl adjacent to an activating group) is 1. The molecule has 1 saturated heterocycles. The maximum Gasteiger partial charge on any atom is 0.269 e. The van der Waals surface area contributed by atoms with Crippen molar-refractivity contribution in [2.45, 2.75) is 44.3 Å². The largest absolute Gasteiger partial charge is 0.379 e. The van der Waals surface area contributed by atoms with Crippen molar-refractivity contribution in [2.24, 2.45) is 11.5 Å². The van der Waals surface area contributed by atoms with Gasteiger partial charge in [-0.1, -0.05) is 18.9 Å². The second-order valence-corrected chi connectivity index (χ2v) is 8.90.